The molecule has 3 rings (SSSR count). The summed E-state index contributed by atoms with van der Waals surface area (Å²) in [6.07, 6.45) is 0. The van der Waals surface area contributed by atoms with Crippen LogP contribution >= 0.6 is 34.8 Å². The zero-order valence-corrected chi connectivity index (χ0v) is 24.9. The summed E-state index contributed by atoms with van der Waals surface area (Å²) < 4.78 is 28.5. The number of nitrogens with zero attached hydrogens (tertiary/aromatic N) is 2. The lowest BCUT2D eigenvalue weighted by molar-refractivity contribution is -0.139. The average molecular weight is 611 g/mol. The summed E-state index contributed by atoms with van der Waals surface area (Å²) in [6.45, 7) is 5.43. The molecule has 0 saturated carbocycles. The zero-order valence-electron chi connectivity index (χ0n) is 21.8. The first kappa shape index (κ1) is 30.8. The van der Waals surface area contributed by atoms with Gasteiger partial charge < -0.3 is 10.2 Å². The SMILES string of the molecule is CC(C)CNC(=O)[C@H](C)N(Cc1cccc(Cl)c1)C(=O)CN(c1cccc(Cl)c1)S(=O)(=O)c1ccc(Cl)cc1. The van der Waals surface area contributed by atoms with Crippen LogP contribution in [0.15, 0.2) is 77.7 Å². The number of sulfonamides is 1. The van der Waals surface area contributed by atoms with Gasteiger partial charge in [-0.15, -0.1) is 0 Å². The third kappa shape index (κ3) is 8.35. The van der Waals surface area contributed by atoms with E-state index < -0.39 is 28.5 Å². The molecule has 0 aliphatic heterocycles. The summed E-state index contributed by atoms with van der Waals surface area (Å²) in [5.41, 5.74) is 0.889. The molecular formula is C28H30Cl3N3O4S. The van der Waals surface area contributed by atoms with Gasteiger partial charge in [-0.1, -0.05) is 66.8 Å². The maximum atomic E-state index is 13.9. The van der Waals surface area contributed by atoms with E-state index in [1.54, 1.807) is 49.4 Å². The Balaban J connectivity index is 2.01. The molecule has 0 heterocycles. The van der Waals surface area contributed by atoms with Crippen LogP contribution in [-0.2, 0) is 26.2 Å². The summed E-state index contributed by atoms with van der Waals surface area (Å²) in [5.74, 6) is -0.727. The van der Waals surface area contributed by atoms with E-state index in [-0.39, 0.29) is 29.0 Å². The smallest absolute Gasteiger partial charge is 0.264 e. The van der Waals surface area contributed by atoms with E-state index in [4.69, 9.17) is 34.8 Å². The molecule has 1 atom stereocenters. The second-order valence-corrected chi connectivity index (χ2v) is 12.6. The Kier molecular flexibility index (Phi) is 10.7. The summed E-state index contributed by atoms with van der Waals surface area (Å²) in [7, 11) is -4.22. The first-order valence-electron chi connectivity index (χ1n) is 12.2. The van der Waals surface area contributed by atoms with Crippen LogP contribution in [0.1, 0.15) is 26.3 Å². The monoisotopic (exact) mass is 609 g/mol. The molecule has 0 saturated heterocycles. The molecule has 0 aliphatic carbocycles. The molecule has 1 N–H and O–H groups in total. The summed E-state index contributed by atoms with van der Waals surface area (Å²) in [4.78, 5) is 28.2. The van der Waals surface area contributed by atoms with E-state index in [0.29, 0.717) is 27.2 Å². The lowest BCUT2D eigenvalue weighted by Gasteiger charge is -2.32. The number of carbonyl (C=O) groups excluding carboxylic acids is 2. The second kappa shape index (κ2) is 13.5. The third-order valence-electron chi connectivity index (χ3n) is 5.87. The Hall–Kier alpha value is -2.78. The van der Waals surface area contributed by atoms with Crippen molar-refractivity contribution in [2.45, 2.75) is 38.3 Å². The van der Waals surface area contributed by atoms with Crippen molar-refractivity contribution in [1.29, 1.82) is 0 Å². The maximum Gasteiger partial charge on any atom is 0.264 e. The van der Waals surface area contributed by atoms with Crippen LogP contribution in [0.5, 0.6) is 0 Å². The number of hydrogen-bond acceptors (Lipinski definition) is 4. The van der Waals surface area contributed by atoms with Gasteiger partial charge in [-0.3, -0.25) is 13.9 Å². The highest BCUT2D eigenvalue weighted by Crippen LogP contribution is 2.27. The molecule has 7 nitrogen and oxygen atoms in total. The normalized spacial score (nSPS) is 12.2. The number of amides is 2. The van der Waals surface area contributed by atoms with Crippen LogP contribution in [0.25, 0.3) is 0 Å². The Morgan fingerprint density at radius 2 is 1.46 bits per heavy atom. The van der Waals surface area contributed by atoms with Crippen molar-refractivity contribution < 1.29 is 18.0 Å². The fourth-order valence-corrected chi connectivity index (χ4v) is 5.69. The predicted molar refractivity (Wildman–Crippen MR) is 157 cm³/mol. The molecule has 11 heteroatoms. The molecule has 0 unspecified atom stereocenters. The Morgan fingerprint density at radius 1 is 0.846 bits per heavy atom. The van der Waals surface area contributed by atoms with Gasteiger partial charge >= 0.3 is 0 Å². The fourth-order valence-electron chi connectivity index (χ4n) is 3.76. The minimum absolute atomic E-state index is 0.0417. The number of hydrogen-bond donors (Lipinski definition) is 1. The zero-order chi connectivity index (χ0) is 28.7. The van der Waals surface area contributed by atoms with Crippen molar-refractivity contribution in [1.82, 2.24) is 10.2 Å². The molecule has 3 aromatic carbocycles. The topological polar surface area (TPSA) is 86.8 Å². The Labute approximate surface area is 244 Å². The van der Waals surface area contributed by atoms with E-state index >= 15 is 0 Å². The van der Waals surface area contributed by atoms with Crippen molar-refractivity contribution >= 4 is 62.3 Å². The standard InChI is InChI=1S/C28H30Cl3N3O4S/c1-19(2)16-32-28(36)20(3)33(17-21-6-4-7-23(30)14-21)27(35)18-34(25-9-5-8-24(31)15-25)39(37,38)26-12-10-22(29)11-13-26/h4-15,19-20H,16-18H2,1-3H3,(H,32,36)/t20-/m0/s1. The third-order valence-corrected chi connectivity index (χ3v) is 8.38. The number of nitrogens with one attached hydrogen (secondary N) is 1. The molecule has 0 bridgehead atoms. The molecule has 0 aliphatic rings. The lowest BCUT2D eigenvalue weighted by Crippen LogP contribution is -2.51. The van der Waals surface area contributed by atoms with E-state index in [9.17, 15) is 18.0 Å². The molecule has 2 amide bonds. The minimum atomic E-state index is -4.22. The molecule has 3 aromatic rings. The second-order valence-electron chi connectivity index (χ2n) is 9.41. The molecule has 0 fully saturated rings. The lowest BCUT2D eigenvalue weighted by atomic mass is 10.1. The summed E-state index contributed by atoms with van der Waals surface area (Å²) >= 11 is 18.3. The predicted octanol–water partition coefficient (Wildman–Crippen LogP) is 6.03. The first-order valence-corrected chi connectivity index (χ1v) is 14.8. The highest BCUT2D eigenvalue weighted by atomic mass is 35.5. The van der Waals surface area contributed by atoms with Gasteiger partial charge in [0.25, 0.3) is 10.0 Å². The average Bonchev–Trinajstić information content (AvgIpc) is 2.88. The van der Waals surface area contributed by atoms with Crippen LogP contribution in [0.4, 0.5) is 5.69 Å². The number of rotatable bonds is 11. The van der Waals surface area contributed by atoms with Crippen LogP contribution in [0.3, 0.4) is 0 Å². The van der Waals surface area contributed by atoms with Gasteiger partial charge in [0.1, 0.15) is 12.6 Å². The number of carbonyl (C=O) groups is 2. The van der Waals surface area contributed by atoms with Gasteiger partial charge in [0.2, 0.25) is 11.8 Å². The van der Waals surface area contributed by atoms with Crippen LogP contribution < -0.4 is 9.62 Å². The molecule has 39 heavy (non-hydrogen) atoms. The van der Waals surface area contributed by atoms with Crippen molar-refractivity contribution in [2.24, 2.45) is 5.92 Å². The largest absolute Gasteiger partial charge is 0.354 e. The van der Waals surface area contributed by atoms with Crippen LogP contribution in [0.2, 0.25) is 15.1 Å². The molecular weight excluding hydrogens is 581 g/mol. The quantitative estimate of drug-likeness (QED) is 0.287. The Morgan fingerprint density at radius 3 is 2.05 bits per heavy atom. The molecule has 0 radical (unpaired) electrons. The fraction of sp³-hybridized carbons (Fsp3) is 0.286. The number of benzene rings is 3. The Bertz CT molecular complexity index is 1420. The van der Waals surface area contributed by atoms with Crippen molar-refractivity contribution in [2.75, 3.05) is 17.4 Å². The molecule has 0 spiro atoms. The minimum Gasteiger partial charge on any atom is -0.354 e. The van der Waals surface area contributed by atoms with E-state index in [2.05, 4.69) is 5.32 Å². The first-order chi connectivity index (χ1) is 18.4. The summed E-state index contributed by atoms with van der Waals surface area (Å²) in [5, 5.41) is 3.99. The highest BCUT2D eigenvalue weighted by Gasteiger charge is 2.32. The van der Waals surface area contributed by atoms with Crippen molar-refractivity contribution in [3.63, 3.8) is 0 Å². The van der Waals surface area contributed by atoms with Gasteiger partial charge in [0.15, 0.2) is 0 Å². The molecule has 0 aromatic heterocycles. The van der Waals surface area contributed by atoms with Gasteiger partial charge in [-0.05, 0) is 73.0 Å². The van der Waals surface area contributed by atoms with Gasteiger partial charge in [-0.2, -0.15) is 0 Å². The van der Waals surface area contributed by atoms with Crippen molar-refractivity contribution in [3.05, 3.63) is 93.4 Å². The number of halogens is 3. The van der Waals surface area contributed by atoms with E-state index in [1.165, 1.54) is 35.2 Å². The van der Waals surface area contributed by atoms with E-state index in [1.807, 2.05) is 13.8 Å². The van der Waals surface area contributed by atoms with Crippen LogP contribution in [-0.4, -0.2) is 44.3 Å². The highest BCUT2D eigenvalue weighted by molar-refractivity contribution is 7.92. The maximum absolute atomic E-state index is 13.9. The molecule has 208 valence electrons. The summed E-state index contributed by atoms with van der Waals surface area (Å²) in [6, 6.07) is 17.9. The van der Waals surface area contributed by atoms with E-state index in [0.717, 1.165) is 4.31 Å². The van der Waals surface area contributed by atoms with Gasteiger partial charge in [0, 0.05) is 28.2 Å². The van der Waals surface area contributed by atoms with Gasteiger partial charge in [-0.25, -0.2) is 8.42 Å². The number of anilines is 1. The van der Waals surface area contributed by atoms with Crippen LogP contribution in [0, 0.1) is 5.92 Å². The van der Waals surface area contributed by atoms with Gasteiger partial charge in [0.05, 0.1) is 10.6 Å². The van der Waals surface area contributed by atoms with Crippen molar-refractivity contribution in [3.8, 4) is 0 Å².